The number of ether oxygens (including phenoxy) is 2. The molecule has 0 bridgehead atoms. The summed E-state index contributed by atoms with van der Waals surface area (Å²) >= 11 is 1.43. The number of hydrogen-bond donors (Lipinski definition) is 0. The number of thiophene rings is 1. The highest BCUT2D eigenvalue weighted by atomic mass is 32.2. The standard InChI is InChI=1S/C30H29NO6S2/c1-35-25-11-7-23(8-12-25)20-36-29(32)18-30(16-2-3-17-39(30,33)34)28-15-14-27(38-28)24-9-4-22(5-10-24)6-13-26-19-31-21-37-26/h4-15,19,21H,2-3,16-18,20H2,1H3/b13-6+/t30-/m0/s1. The van der Waals surface area contributed by atoms with Crippen molar-refractivity contribution in [3.8, 4) is 16.2 Å². The van der Waals surface area contributed by atoms with E-state index in [-0.39, 0.29) is 18.8 Å². The molecule has 39 heavy (non-hydrogen) atoms. The van der Waals surface area contributed by atoms with E-state index < -0.39 is 20.6 Å². The molecule has 1 saturated heterocycles. The van der Waals surface area contributed by atoms with Gasteiger partial charge in [0.05, 0.1) is 25.5 Å². The maximum Gasteiger partial charge on any atom is 0.308 e. The lowest BCUT2D eigenvalue weighted by atomic mass is 9.95. The van der Waals surface area contributed by atoms with Gasteiger partial charge in [0.25, 0.3) is 0 Å². The molecule has 0 spiro atoms. The van der Waals surface area contributed by atoms with Crippen LogP contribution in [-0.4, -0.2) is 32.2 Å². The summed E-state index contributed by atoms with van der Waals surface area (Å²) in [6.45, 7) is 0.0753. The van der Waals surface area contributed by atoms with Crippen molar-refractivity contribution in [3.63, 3.8) is 0 Å². The number of benzene rings is 2. The van der Waals surface area contributed by atoms with Crippen molar-refractivity contribution < 1.29 is 27.1 Å². The number of carbonyl (C=O) groups is 1. The molecular weight excluding hydrogens is 534 g/mol. The largest absolute Gasteiger partial charge is 0.497 e. The zero-order chi connectivity index (χ0) is 27.3. The first-order chi connectivity index (χ1) is 18.9. The van der Waals surface area contributed by atoms with Crippen LogP contribution in [0.2, 0.25) is 0 Å². The van der Waals surface area contributed by atoms with Gasteiger partial charge in [-0.05, 0) is 59.9 Å². The summed E-state index contributed by atoms with van der Waals surface area (Å²) in [5.74, 6) is 0.930. The molecule has 0 unspecified atom stereocenters. The second-order valence-corrected chi connectivity index (χ2v) is 13.0. The van der Waals surface area contributed by atoms with Crippen LogP contribution in [0.3, 0.4) is 0 Å². The minimum Gasteiger partial charge on any atom is -0.497 e. The Bertz CT molecular complexity index is 1540. The Hall–Kier alpha value is -3.69. The zero-order valence-electron chi connectivity index (χ0n) is 21.5. The van der Waals surface area contributed by atoms with Gasteiger partial charge in [-0.15, -0.1) is 11.3 Å². The summed E-state index contributed by atoms with van der Waals surface area (Å²) < 4.78 is 41.7. The van der Waals surface area contributed by atoms with E-state index in [1.165, 1.54) is 17.7 Å². The first-order valence-corrected chi connectivity index (χ1v) is 15.1. The van der Waals surface area contributed by atoms with E-state index in [0.717, 1.165) is 28.0 Å². The van der Waals surface area contributed by atoms with Crippen molar-refractivity contribution in [1.29, 1.82) is 0 Å². The van der Waals surface area contributed by atoms with Gasteiger partial charge in [0.2, 0.25) is 0 Å². The Morgan fingerprint density at radius 2 is 1.85 bits per heavy atom. The quantitative estimate of drug-likeness (QED) is 0.214. The zero-order valence-corrected chi connectivity index (χ0v) is 23.2. The summed E-state index contributed by atoms with van der Waals surface area (Å²) in [6, 6.07) is 19.0. The van der Waals surface area contributed by atoms with Gasteiger partial charge >= 0.3 is 5.97 Å². The van der Waals surface area contributed by atoms with Crippen LogP contribution >= 0.6 is 11.3 Å². The summed E-state index contributed by atoms with van der Waals surface area (Å²) in [6.07, 6.45) is 8.35. The molecule has 0 radical (unpaired) electrons. The number of sulfone groups is 1. The van der Waals surface area contributed by atoms with E-state index in [2.05, 4.69) is 4.98 Å². The summed E-state index contributed by atoms with van der Waals surface area (Å²) in [5, 5.41) is 0. The van der Waals surface area contributed by atoms with E-state index in [4.69, 9.17) is 13.9 Å². The lowest BCUT2D eigenvalue weighted by molar-refractivity contribution is -0.145. The van der Waals surface area contributed by atoms with Crippen LogP contribution in [0.4, 0.5) is 0 Å². The third-order valence-corrected chi connectivity index (χ3v) is 11.0. The molecule has 5 rings (SSSR count). The van der Waals surface area contributed by atoms with Crippen LogP contribution in [-0.2, 0) is 30.7 Å². The lowest BCUT2D eigenvalue weighted by Crippen LogP contribution is -2.42. The van der Waals surface area contributed by atoms with Gasteiger partial charge in [-0.2, -0.15) is 0 Å². The second kappa shape index (κ2) is 11.6. The van der Waals surface area contributed by atoms with Crippen molar-refractivity contribution in [2.45, 2.75) is 37.0 Å². The summed E-state index contributed by atoms with van der Waals surface area (Å²) in [7, 11) is -1.97. The lowest BCUT2D eigenvalue weighted by Gasteiger charge is -2.35. The Kier molecular flexibility index (Phi) is 7.99. The highest BCUT2D eigenvalue weighted by molar-refractivity contribution is 7.92. The van der Waals surface area contributed by atoms with Crippen molar-refractivity contribution in [2.24, 2.45) is 0 Å². The molecule has 0 amide bonds. The Balaban J connectivity index is 1.34. The highest BCUT2D eigenvalue weighted by Gasteiger charge is 2.49. The molecule has 3 heterocycles. The molecule has 1 fully saturated rings. The molecule has 0 N–H and O–H groups in total. The number of hydrogen-bond acceptors (Lipinski definition) is 8. The predicted octanol–water partition coefficient (Wildman–Crippen LogP) is 6.51. The van der Waals surface area contributed by atoms with E-state index in [0.29, 0.717) is 29.2 Å². The van der Waals surface area contributed by atoms with E-state index in [1.54, 1.807) is 25.4 Å². The molecule has 1 atom stereocenters. The average Bonchev–Trinajstić information content (AvgIpc) is 3.66. The number of esters is 1. The Morgan fingerprint density at radius 1 is 1.05 bits per heavy atom. The van der Waals surface area contributed by atoms with Crippen molar-refractivity contribution in [2.75, 3.05) is 12.9 Å². The fraction of sp³-hybridized carbons (Fsp3) is 0.267. The fourth-order valence-corrected chi connectivity index (χ4v) is 8.54. The maximum absolute atomic E-state index is 13.5. The smallest absolute Gasteiger partial charge is 0.308 e. The van der Waals surface area contributed by atoms with Crippen LogP contribution in [0.1, 0.15) is 47.4 Å². The minimum atomic E-state index is -3.56. The van der Waals surface area contributed by atoms with E-state index in [1.807, 2.05) is 60.7 Å². The van der Waals surface area contributed by atoms with Gasteiger partial charge in [0, 0.05) is 9.75 Å². The summed E-state index contributed by atoms with van der Waals surface area (Å²) in [4.78, 5) is 18.5. The van der Waals surface area contributed by atoms with Gasteiger partial charge in [-0.1, -0.05) is 48.9 Å². The molecular formula is C30H29NO6S2. The molecule has 0 saturated carbocycles. The molecule has 4 aromatic rings. The van der Waals surface area contributed by atoms with Crippen molar-refractivity contribution in [3.05, 3.63) is 95.0 Å². The van der Waals surface area contributed by atoms with Crippen LogP contribution in [0.25, 0.3) is 22.6 Å². The first-order valence-electron chi connectivity index (χ1n) is 12.7. The van der Waals surface area contributed by atoms with E-state index in [9.17, 15) is 13.2 Å². The molecule has 2 aromatic heterocycles. The summed E-state index contributed by atoms with van der Waals surface area (Å²) in [5.41, 5.74) is 2.79. The molecule has 2 aromatic carbocycles. The topological polar surface area (TPSA) is 95.7 Å². The van der Waals surface area contributed by atoms with E-state index >= 15 is 0 Å². The SMILES string of the molecule is COc1ccc(COC(=O)C[C@]2(c3ccc(-c4ccc(/C=C/c5cnco5)cc4)s3)CCCCS2(=O)=O)cc1. The van der Waals surface area contributed by atoms with Crippen LogP contribution in [0.5, 0.6) is 5.75 Å². The Morgan fingerprint density at radius 3 is 2.54 bits per heavy atom. The molecule has 9 heteroatoms. The average molecular weight is 564 g/mol. The highest BCUT2D eigenvalue weighted by Crippen LogP contribution is 2.47. The van der Waals surface area contributed by atoms with Gasteiger partial charge in [-0.3, -0.25) is 4.79 Å². The van der Waals surface area contributed by atoms with Crippen LogP contribution in [0, 0.1) is 0 Å². The number of carbonyl (C=O) groups excluding carboxylic acids is 1. The van der Waals surface area contributed by atoms with Crippen LogP contribution in [0.15, 0.2) is 77.7 Å². The maximum atomic E-state index is 13.5. The predicted molar refractivity (Wildman–Crippen MR) is 152 cm³/mol. The minimum absolute atomic E-state index is 0.0677. The van der Waals surface area contributed by atoms with Crippen molar-refractivity contribution >= 4 is 39.3 Å². The number of oxazole rings is 1. The van der Waals surface area contributed by atoms with Gasteiger partial charge in [0.15, 0.2) is 16.2 Å². The molecule has 7 nitrogen and oxygen atoms in total. The third kappa shape index (κ3) is 5.99. The van der Waals surface area contributed by atoms with Gasteiger partial charge in [0.1, 0.15) is 22.9 Å². The molecule has 202 valence electrons. The van der Waals surface area contributed by atoms with Gasteiger partial charge < -0.3 is 13.9 Å². The number of rotatable bonds is 9. The van der Waals surface area contributed by atoms with Gasteiger partial charge in [-0.25, -0.2) is 13.4 Å². The Labute approximate surface area is 232 Å². The monoisotopic (exact) mass is 563 g/mol. The first kappa shape index (κ1) is 26.9. The molecule has 0 aliphatic carbocycles. The number of nitrogens with zero attached hydrogens (tertiary/aromatic N) is 1. The normalized spacial score (nSPS) is 18.7. The molecule has 1 aliphatic rings. The molecule has 1 aliphatic heterocycles. The van der Waals surface area contributed by atoms with Crippen molar-refractivity contribution in [1.82, 2.24) is 4.98 Å². The number of methoxy groups -OCH3 is 1. The second-order valence-electron chi connectivity index (χ2n) is 9.48. The number of aromatic nitrogens is 1. The fourth-order valence-electron chi connectivity index (χ4n) is 4.77. The van der Waals surface area contributed by atoms with Crippen LogP contribution < -0.4 is 4.74 Å². The third-order valence-electron chi connectivity index (χ3n) is 6.97.